The van der Waals surface area contributed by atoms with Gasteiger partial charge in [0.25, 0.3) is 25.2 Å². The third kappa shape index (κ3) is 7.47. The van der Waals surface area contributed by atoms with Crippen molar-refractivity contribution in [1.82, 2.24) is 0 Å². The number of aromatic nitrogens is 1. The Bertz CT molecular complexity index is 2050. The van der Waals surface area contributed by atoms with Gasteiger partial charge in [-0.25, -0.2) is 0 Å². The van der Waals surface area contributed by atoms with Crippen LogP contribution in [0.3, 0.4) is 0 Å². The summed E-state index contributed by atoms with van der Waals surface area (Å²) in [6.45, 7) is 2.94. The van der Waals surface area contributed by atoms with E-state index in [2.05, 4.69) is 58.0 Å². The molecule has 238 valence electrons. The highest BCUT2D eigenvalue weighted by Gasteiger charge is 2.29. The zero-order valence-electron chi connectivity index (χ0n) is 25.1. The number of hydrogen-bond donors (Lipinski definition) is 2. The van der Waals surface area contributed by atoms with Crippen LogP contribution in [0.2, 0.25) is 0 Å². The zero-order valence-corrected chi connectivity index (χ0v) is 28.4. The molecule has 12 heteroatoms. The van der Waals surface area contributed by atoms with Crippen molar-refractivity contribution in [2.75, 3.05) is 23.0 Å². The number of nitrogens with zero attached hydrogens (tertiary/aromatic N) is 2. The number of allylic oxidation sites excluding steroid dienone is 2. The number of thioether (sulfide) groups is 1. The average Bonchev–Trinajstić information content (AvgIpc) is 3.38. The van der Waals surface area contributed by atoms with Gasteiger partial charge >= 0.3 is 0 Å². The fourth-order valence-corrected chi connectivity index (χ4v) is 9.83. The summed E-state index contributed by atoms with van der Waals surface area (Å²) in [5, 5.41) is 4.16. The second kappa shape index (κ2) is 13.2. The predicted molar refractivity (Wildman–Crippen MR) is 184 cm³/mol. The molecule has 0 unspecified atom stereocenters. The van der Waals surface area contributed by atoms with Gasteiger partial charge in [0.05, 0.1) is 22.2 Å². The molecule has 0 radical (unpaired) electrons. The second-order valence-corrected chi connectivity index (χ2v) is 17.0. The van der Waals surface area contributed by atoms with E-state index in [1.54, 1.807) is 23.1 Å². The van der Waals surface area contributed by atoms with Crippen LogP contribution >= 0.6 is 23.1 Å². The Kier molecular flexibility index (Phi) is 9.43. The number of benzene rings is 3. The van der Waals surface area contributed by atoms with Crippen molar-refractivity contribution in [3.8, 4) is 0 Å². The van der Waals surface area contributed by atoms with Gasteiger partial charge < -0.3 is 4.90 Å². The number of thiazole rings is 1. The summed E-state index contributed by atoms with van der Waals surface area (Å²) < 4.78 is 68.4. The van der Waals surface area contributed by atoms with Gasteiger partial charge in [0, 0.05) is 34.9 Å². The van der Waals surface area contributed by atoms with Crippen molar-refractivity contribution in [2.45, 2.75) is 63.3 Å². The van der Waals surface area contributed by atoms with E-state index in [1.165, 1.54) is 29.5 Å². The van der Waals surface area contributed by atoms with E-state index >= 15 is 0 Å². The topological polar surface area (TPSA) is 116 Å². The molecule has 0 bridgehead atoms. The lowest BCUT2D eigenvalue weighted by Crippen LogP contribution is -2.37. The molecule has 3 aromatic carbocycles. The first-order valence-corrected chi connectivity index (χ1v) is 20.1. The Morgan fingerprint density at radius 3 is 2.49 bits per heavy atom. The van der Waals surface area contributed by atoms with Crippen LogP contribution in [0.1, 0.15) is 55.2 Å². The molecule has 1 aliphatic carbocycles. The predicted octanol–water partition coefficient (Wildman–Crippen LogP) is 7.02. The van der Waals surface area contributed by atoms with Crippen LogP contribution in [0.25, 0.3) is 27.1 Å². The summed E-state index contributed by atoms with van der Waals surface area (Å²) in [6, 6.07) is 16.7. The minimum atomic E-state index is -4.08. The van der Waals surface area contributed by atoms with Crippen molar-refractivity contribution in [2.24, 2.45) is 0 Å². The van der Waals surface area contributed by atoms with Gasteiger partial charge in [-0.2, -0.15) is 21.4 Å². The number of hydrogen-bond acceptors (Lipinski definition) is 7. The Balaban J connectivity index is 1.40. The van der Waals surface area contributed by atoms with Crippen molar-refractivity contribution < 1.29 is 30.5 Å². The van der Waals surface area contributed by atoms with Crippen LogP contribution in [0.4, 0.5) is 5.69 Å². The summed E-state index contributed by atoms with van der Waals surface area (Å²) >= 11 is 3.32. The molecule has 2 aliphatic rings. The third-order valence-electron chi connectivity index (χ3n) is 8.35. The Morgan fingerprint density at radius 1 is 0.933 bits per heavy atom. The highest BCUT2D eigenvalue weighted by atomic mass is 32.2. The fourth-order valence-electron chi connectivity index (χ4n) is 6.39. The highest BCUT2D eigenvalue weighted by Crippen LogP contribution is 2.50. The molecule has 0 fully saturated rings. The molecule has 1 aliphatic heterocycles. The maximum atomic E-state index is 11.6. The molecule has 0 saturated heterocycles. The second-order valence-electron chi connectivity index (χ2n) is 11.7. The smallest absolute Gasteiger partial charge is 0.265 e. The molecule has 0 atom stereocenters. The monoisotopic (exact) mass is 685 g/mol. The molecule has 8 nitrogen and oxygen atoms in total. The van der Waals surface area contributed by atoms with Crippen LogP contribution in [-0.4, -0.2) is 44.0 Å². The van der Waals surface area contributed by atoms with E-state index in [9.17, 15) is 25.9 Å². The molecular formula is C33H37N2O6S4+. The number of anilines is 1. The van der Waals surface area contributed by atoms with Gasteiger partial charge in [-0.1, -0.05) is 65.9 Å². The molecule has 4 aromatic rings. The molecule has 1 aromatic heterocycles. The van der Waals surface area contributed by atoms with Crippen molar-refractivity contribution in [1.29, 1.82) is 0 Å². The van der Waals surface area contributed by atoms with Crippen LogP contribution in [0, 0.1) is 0 Å². The van der Waals surface area contributed by atoms with E-state index in [-0.39, 0.29) is 17.9 Å². The summed E-state index contributed by atoms with van der Waals surface area (Å²) in [7, 11) is -8.15. The van der Waals surface area contributed by atoms with Crippen LogP contribution < -0.4 is 9.47 Å². The Hall–Kier alpha value is -2.74. The maximum Gasteiger partial charge on any atom is 0.265 e. The van der Waals surface area contributed by atoms with E-state index in [0.717, 1.165) is 60.9 Å². The third-order valence-corrected chi connectivity index (χ3v) is 12.2. The average molecular weight is 686 g/mol. The summed E-state index contributed by atoms with van der Waals surface area (Å²) in [4.78, 5) is 3.24. The SMILES string of the molecule is CC(/C=C1\Sc2ccc3ccccc3c2N1CCCS(=O)(=O)O)=C\c1sc2ccc3c(c2[n+]1CCCS(=O)(=O)O)CCCCC3. The number of fused-ring (bicyclic) bond motifs is 6. The lowest BCUT2D eigenvalue weighted by atomic mass is 10.0. The number of rotatable bonds is 10. The Labute approximate surface area is 273 Å². The first-order chi connectivity index (χ1) is 21.5. The van der Waals surface area contributed by atoms with Crippen molar-refractivity contribution in [3.63, 3.8) is 0 Å². The minimum absolute atomic E-state index is 0.275. The first-order valence-electron chi connectivity index (χ1n) is 15.2. The van der Waals surface area contributed by atoms with Gasteiger partial charge in [0.1, 0.15) is 4.70 Å². The van der Waals surface area contributed by atoms with E-state index in [4.69, 9.17) is 0 Å². The van der Waals surface area contributed by atoms with E-state index in [1.807, 2.05) is 19.1 Å². The normalized spacial score (nSPS) is 16.8. The lowest BCUT2D eigenvalue weighted by molar-refractivity contribution is -0.668. The molecular weight excluding hydrogens is 649 g/mol. The standard InChI is InChI=1S/C33H36N2O6S4/c1-23(22-31-35(18-8-20-45(39,40)41)33-27-12-6-5-10-25(27)14-16-29(33)43-31)21-30-34(17-7-19-44(36,37)38)32-26-11-4-2-3-9-24(26)13-15-28(32)42-30/h5-6,10,12-16,21-22H,2-4,7-9,11,17-20H2,1H3,(H-,36,37,38,39,40,41)/p+1. The van der Waals surface area contributed by atoms with Crippen LogP contribution in [0.5, 0.6) is 0 Å². The Morgan fingerprint density at radius 2 is 1.69 bits per heavy atom. The molecule has 0 saturated carbocycles. The van der Waals surface area contributed by atoms with Crippen LogP contribution in [0.15, 0.2) is 70.1 Å². The quantitative estimate of drug-likeness (QED) is 0.104. The molecule has 2 N–H and O–H groups in total. The van der Waals surface area contributed by atoms with Gasteiger partial charge in [0.2, 0.25) is 5.52 Å². The number of aryl methyl sites for hydroxylation is 3. The van der Waals surface area contributed by atoms with Gasteiger partial charge in [-0.05, 0) is 73.8 Å². The maximum absolute atomic E-state index is 11.6. The van der Waals surface area contributed by atoms with Crippen LogP contribution in [-0.2, 0) is 39.6 Å². The molecule has 0 spiro atoms. The first kappa shape index (κ1) is 32.2. The lowest BCUT2D eigenvalue weighted by Gasteiger charge is -2.22. The highest BCUT2D eigenvalue weighted by molar-refractivity contribution is 8.03. The zero-order chi connectivity index (χ0) is 31.8. The van der Waals surface area contributed by atoms with Gasteiger partial charge in [-0.3, -0.25) is 9.11 Å². The van der Waals surface area contributed by atoms with Gasteiger partial charge in [0.15, 0.2) is 6.54 Å². The molecule has 2 heterocycles. The summed E-state index contributed by atoms with van der Waals surface area (Å²) in [6.07, 6.45) is 10.4. The largest absolute Gasteiger partial charge is 0.334 e. The van der Waals surface area contributed by atoms with E-state index < -0.39 is 20.2 Å². The molecule has 6 rings (SSSR count). The molecule has 45 heavy (non-hydrogen) atoms. The fraction of sp³-hybridized carbons (Fsp3) is 0.364. The van der Waals surface area contributed by atoms with Gasteiger partial charge in [-0.15, -0.1) is 0 Å². The van der Waals surface area contributed by atoms with Crippen molar-refractivity contribution in [3.05, 3.63) is 81.3 Å². The summed E-state index contributed by atoms with van der Waals surface area (Å²) in [5.41, 5.74) is 5.92. The van der Waals surface area contributed by atoms with E-state index in [0.29, 0.717) is 19.5 Å². The minimum Gasteiger partial charge on any atom is -0.334 e. The molecule has 0 amide bonds. The van der Waals surface area contributed by atoms with Crippen molar-refractivity contribution >= 4 is 76.1 Å². The summed E-state index contributed by atoms with van der Waals surface area (Å²) in [5.74, 6) is -0.605.